The van der Waals surface area contributed by atoms with E-state index in [9.17, 15) is 13.2 Å². The van der Waals surface area contributed by atoms with E-state index in [2.05, 4.69) is 15.4 Å². The third kappa shape index (κ3) is 2.34. The van der Waals surface area contributed by atoms with Gasteiger partial charge in [0.2, 0.25) is 5.82 Å². The van der Waals surface area contributed by atoms with Crippen LogP contribution in [0.15, 0.2) is 0 Å². The number of nitrogens with one attached hydrogen (secondary N) is 1. The van der Waals surface area contributed by atoms with Crippen molar-refractivity contribution < 1.29 is 13.2 Å². The monoisotopic (exact) mass is 234 g/mol. The van der Waals surface area contributed by atoms with Crippen molar-refractivity contribution in [1.29, 1.82) is 0 Å². The molecule has 1 fully saturated rings. The topological polar surface area (TPSA) is 42.7 Å². The maximum absolute atomic E-state index is 12.4. The normalized spacial score (nSPS) is 21.6. The highest BCUT2D eigenvalue weighted by atomic mass is 19.4. The van der Waals surface area contributed by atoms with Crippen LogP contribution in [0.4, 0.5) is 13.2 Å². The summed E-state index contributed by atoms with van der Waals surface area (Å²) in [5.41, 5.74) is 0. The Morgan fingerprint density at radius 2 is 2.25 bits per heavy atom. The second-order valence-electron chi connectivity index (χ2n) is 3.97. The summed E-state index contributed by atoms with van der Waals surface area (Å²) in [5, 5.41) is 6.99. The molecule has 0 saturated carbocycles. The number of aromatic nitrogens is 3. The minimum absolute atomic E-state index is 0.212. The van der Waals surface area contributed by atoms with E-state index in [1.165, 1.54) is 7.05 Å². The van der Waals surface area contributed by atoms with Gasteiger partial charge in [0, 0.05) is 19.5 Å². The summed E-state index contributed by atoms with van der Waals surface area (Å²) in [5.74, 6) is -0.672. The maximum Gasteiger partial charge on any atom is 0.451 e. The number of nitrogens with zero attached hydrogens (tertiary/aromatic N) is 3. The Bertz CT molecular complexity index is 365. The molecule has 0 aliphatic carbocycles. The number of hydrogen-bond donors (Lipinski definition) is 1. The first-order chi connectivity index (χ1) is 7.47. The Morgan fingerprint density at radius 1 is 1.50 bits per heavy atom. The first-order valence-corrected chi connectivity index (χ1v) is 5.17. The van der Waals surface area contributed by atoms with Gasteiger partial charge in [-0.1, -0.05) is 0 Å². The largest absolute Gasteiger partial charge is 0.451 e. The second kappa shape index (κ2) is 4.04. The summed E-state index contributed by atoms with van der Waals surface area (Å²) in [4.78, 5) is 3.53. The van der Waals surface area contributed by atoms with Gasteiger partial charge in [0.25, 0.3) is 0 Å². The smallest absolute Gasteiger partial charge is 0.314 e. The lowest BCUT2D eigenvalue weighted by molar-refractivity contribution is -0.147. The standard InChI is InChI=1S/C9H13F3N4/c1-16-8(9(10,11)12)14-7(15-16)5-6-3-2-4-13-6/h6,13H,2-5H2,1H3. The molecule has 0 bridgehead atoms. The zero-order chi connectivity index (χ0) is 11.8. The lowest BCUT2D eigenvalue weighted by Gasteiger charge is -2.05. The first kappa shape index (κ1) is 11.4. The van der Waals surface area contributed by atoms with Gasteiger partial charge in [0.05, 0.1) is 0 Å². The molecule has 1 aliphatic heterocycles. The van der Waals surface area contributed by atoms with Crippen molar-refractivity contribution in [2.24, 2.45) is 7.05 Å². The van der Waals surface area contributed by atoms with Crippen molar-refractivity contribution >= 4 is 0 Å². The van der Waals surface area contributed by atoms with Crippen LogP contribution in [0.1, 0.15) is 24.5 Å². The molecule has 1 atom stereocenters. The van der Waals surface area contributed by atoms with Crippen molar-refractivity contribution in [3.63, 3.8) is 0 Å². The molecule has 0 aromatic carbocycles. The van der Waals surface area contributed by atoms with E-state index < -0.39 is 12.0 Å². The van der Waals surface area contributed by atoms with Crippen LogP contribution in [-0.4, -0.2) is 27.4 Å². The fourth-order valence-electron chi connectivity index (χ4n) is 1.92. The van der Waals surface area contributed by atoms with Gasteiger partial charge in [-0.15, -0.1) is 0 Å². The summed E-state index contributed by atoms with van der Waals surface area (Å²) in [6.45, 7) is 0.920. The van der Waals surface area contributed by atoms with Crippen LogP contribution < -0.4 is 5.32 Å². The third-order valence-corrected chi connectivity index (χ3v) is 2.65. The molecule has 1 aromatic rings. The molecule has 4 nitrogen and oxygen atoms in total. The number of hydrogen-bond acceptors (Lipinski definition) is 3. The lowest BCUT2D eigenvalue weighted by Crippen LogP contribution is -2.24. The van der Waals surface area contributed by atoms with E-state index in [4.69, 9.17) is 0 Å². The molecule has 16 heavy (non-hydrogen) atoms. The van der Waals surface area contributed by atoms with Crippen LogP contribution in [0.5, 0.6) is 0 Å². The average Bonchev–Trinajstić information content (AvgIpc) is 2.74. The first-order valence-electron chi connectivity index (χ1n) is 5.17. The van der Waals surface area contributed by atoms with Crippen LogP contribution in [0.2, 0.25) is 0 Å². The Kier molecular flexibility index (Phi) is 2.88. The van der Waals surface area contributed by atoms with E-state index >= 15 is 0 Å². The highest BCUT2D eigenvalue weighted by Gasteiger charge is 2.37. The quantitative estimate of drug-likeness (QED) is 0.834. The Morgan fingerprint density at radius 3 is 2.75 bits per heavy atom. The van der Waals surface area contributed by atoms with E-state index in [1.807, 2.05) is 0 Å². The summed E-state index contributed by atoms with van der Waals surface area (Å²) in [7, 11) is 1.27. The fourth-order valence-corrected chi connectivity index (χ4v) is 1.92. The van der Waals surface area contributed by atoms with Gasteiger partial charge in [-0.3, -0.25) is 0 Å². The van der Waals surface area contributed by atoms with Gasteiger partial charge >= 0.3 is 6.18 Å². The van der Waals surface area contributed by atoms with Crippen molar-refractivity contribution in [3.05, 3.63) is 11.6 Å². The number of rotatable bonds is 2. The van der Waals surface area contributed by atoms with E-state index in [1.54, 1.807) is 0 Å². The van der Waals surface area contributed by atoms with E-state index in [-0.39, 0.29) is 11.9 Å². The maximum atomic E-state index is 12.4. The van der Waals surface area contributed by atoms with Crippen LogP contribution in [0.3, 0.4) is 0 Å². The molecule has 0 radical (unpaired) electrons. The average molecular weight is 234 g/mol. The van der Waals surface area contributed by atoms with Gasteiger partial charge < -0.3 is 5.32 Å². The predicted molar refractivity (Wildman–Crippen MR) is 50.7 cm³/mol. The summed E-state index contributed by atoms with van der Waals surface area (Å²) in [6.07, 6.45) is -1.93. The Balaban J connectivity index is 2.11. The molecule has 2 heterocycles. The van der Waals surface area contributed by atoms with Gasteiger partial charge in [0.1, 0.15) is 0 Å². The molecule has 0 amide bonds. The Labute approximate surface area is 90.9 Å². The molecule has 1 unspecified atom stereocenters. The molecule has 90 valence electrons. The number of halogens is 3. The number of alkyl halides is 3. The minimum Gasteiger partial charge on any atom is -0.314 e. The summed E-state index contributed by atoms with van der Waals surface area (Å²) >= 11 is 0. The van der Waals surface area contributed by atoms with Gasteiger partial charge in [-0.2, -0.15) is 18.3 Å². The molecule has 1 N–H and O–H groups in total. The molecule has 7 heteroatoms. The van der Waals surface area contributed by atoms with E-state index in [0.717, 1.165) is 24.1 Å². The third-order valence-electron chi connectivity index (χ3n) is 2.65. The molecular weight excluding hydrogens is 221 g/mol. The van der Waals surface area contributed by atoms with Crippen LogP contribution in [-0.2, 0) is 19.6 Å². The van der Waals surface area contributed by atoms with Crippen LogP contribution in [0, 0.1) is 0 Å². The molecule has 1 aromatic heterocycles. The molecule has 1 saturated heterocycles. The minimum atomic E-state index is -4.43. The van der Waals surface area contributed by atoms with Crippen LogP contribution >= 0.6 is 0 Å². The lowest BCUT2D eigenvalue weighted by atomic mass is 10.1. The van der Waals surface area contributed by atoms with E-state index in [0.29, 0.717) is 6.42 Å². The summed E-state index contributed by atoms with van der Waals surface area (Å²) < 4.78 is 38.1. The van der Waals surface area contributed by atoms with Gasteiger partial charge in [-0.05, 0) is 19.4 Å². The molecule has 2 rings (SSSR count). The van der Waals surface area contributed by atoms with Crippen LogP contribution in [0.25, 0.3) is 0 Å². The zero-order valence-corrected chi connectivity index (χ0v) is 8.88. The van der Waals surface area contributed by atoms with Gasteiger partial charge in [-0.25, -0.2) is 9.67 Å². The second-order valence-corrected chi connectivity index (χ2v) is 3.97. The Hall–Kier alpha value is -1.11. The van der Waals surface area contributed by atoms with Crippen molar-refractivity contribution in [2.75, 3.05) is 6.54 Å². The number of aryl methyl sites for hydroxylation is 1. The predicted octanol–water partition coefficient (Wildman–Crippen LogP) is 1.13. The molecule has 0 spiro atoms. The summed E-state index contributed by atoms with van der Waals surface area (Å²) in [6, 6.07) is 0.212. The van der Waals surface area contributed by atoms with Crippen molar-refractivity contribution in [2.45, 2.75) is 31.5 Å². The SMILES string of the molecule is Cn1nc(CC2CCCN2)nc1C(F)(F)F. The zero-order valence-electron chi connectivity index (χ0n) is 8.88. The van der Waals surface area contributed by atoms with Crippen molar-refractivity contribution in [1.82, 2.24) is 20.1 Å². The van der Waals surface area contributed by atoms with Crippen molar-refractivity contribution in [3.8, 4) is 0 Å². The molecular formula is C9H13F3N4. The fraction of sp³-hybridized carbons (Fsp3) is 0.778. The highest BCUT2D eigenvalue weighted by Crippen LogP contribution is 2.27. The highest BCUT2D eigenvalue weighted by molar-refractivity contribution is 4.99. The van der Waals surface area contributed by atoms with Gasteiger partial charge in [0.15, 0.2) is 5.82 Å². The molecule has 1 aliphatic rings.